The summed E-state index contributed by atoms with van der Waals surface area (Å²) in [7, 11) is 0. The Balaban J connectivity index is 1.63. The Morgan fingerprint density at radius 2 is 1.64 bits per heavy atom. The van der Waals surface area contributed by atoms with Gasteiger partial charge in [-0.15, -0.1) is 0 Å². The maximum Gasteiger partial charge on any atom is 0.251 e. The van der Waals surface area contributed by atoms with Crippen LogP contribution in [-0.2, 0) is 16.0 Å². The van der Waals surface area contributed by atoms with E-state index in [1.807, 2.05) is 42.2 Å². The molecule has 0 saturated carbocycles. The van der Waals surface area contributed by atoms with E-state index < -0.39 is 6.04 Å². The maximum absolute atomic E-state index is 13.4. The second kappa shape index (κ2) is 12.4. The predicted octanol–water partition coefficient (Wildman–Crippen LogP) is 2.35. The first-order valence-corrected chi connectivity index (χ1v) is 11.7. The van der Waals surface area contributed by atoms with Gasteiger partial charge in [0.25, 0.3) is 5.91 Å². The number of halogens is 1. The fourth-order valence-corrected chi connectivity index (χ4v) is 3.89. The molecule has 3 rings (SSSR count). The standard InChI is InChI=1S/C25H31ClN4O3/c1-2-12-27-23(31)18-29-13-15-30(16-14-29)25(33)22(17-19-6-4-3-5-7-19)28-24(32)20-8-10-21(26)11-9-20/h3-11,22H,2,12-18H2,1H3,(H,27,31)(H,28,32). The van der Waals surface area contributed by atoms with Crippen LogP contribution < -0.4 is 10.6 Å². The van der Waals surface area contributed by atoms with Crippen LogP contribution in [0.15, 0.2) is 54.6 Å². The molecule has 0 aliphatic carbocycles. The van der Waals surface area contributed by atoms with E-state index >= 15 is 0 Å². The van der Waals surface area contributed by atoms with Gasteiger partial charge < -0.3 is 15.5 Å². The van der Waals surface area contributed by atoms with E-state index in [0.29, 0.717) is 56.3 Å². The van der Waals surface area contributed by atoms with Crippen molar-refractivity contribution in [3.05, 3.63) is 70.7 Å². The van der Waals surface area contributed by atoms with Gasteiger partial charge in [-0.05, 0) is 36.2 Å². The first-order valence-electron chi connectivity index (χ1n) is 11.3. The van der Waals surface area contributed by atoms with Gasteiger partial charge in [0.15, 0.2) is 0 Å². The molecule has 2 aromatic rings. The number of hydrogen-bond donors (Lipinski definition) is 2. The van der Waals surface area contributed by atoms with Crippen molar-refractivity contribution in [3.63, 3.8) is 0 Å². The zero-order valence-corrected chi connectivity index (χ0v) is 19.7. The van der Waals surface area contributed by atoms with E-state index in [1.165, 1.54) is 0 Å². The van der Waals surface area contributed by atoms with E-state index in [-0.39, 0.29) is 17.7 Å². The highest BCUT2D eigenvalue weighted by Gasteiger charge is 2.29. The maximum atomic E-state index is 13.4. The topological polar surface area (TPSA) is 81.8 Å². The third kappa shape index (κ3) is 7.58. The summed E-state index contributed by atoms with van der Waals surface area (Å²) in [6.45, 7) is 5.30. The van der Waals surface area contributed by atoms with E-state index in [0.717, 1.165) is 12.0 Å². The second-order valence-electron chi connectivity index (χ2n) is 8.17. The van der Waals surface area contributed by atoms with Gasteiger partial charge in [-0.3, -0.25) is 19.3 Å². The smallest absolute Gasteiger partial charge is 0.251 e. The van der Waals surface area contributed by atoms with Gasteiger partial charge in [0.1, 0.15) is 6.04 Å². The number of nitrogens with one attached hydrogen (secondary N) is 2. The van der Waals surface area contributed by atoms with Crippen LogP contribution in [-0.4, -0.2) is 72.8 Å². The molecule has 0 aromatic heterocycles. The molecule has 1 unspecified atom stereocenters. The van der Waals surface area contributed by atoms with Crippen molar-refractivity contribution in [1.29, 1.82) is 0 Å². The molecule has 0 radical (unpaired) electrons. The number of carbonyl (C=O) groups is 3. The lowest BCUT2D eigenvalue weighted by molar-refractivity contribution is -0.135. The van der Waals surface area contributed by atoms with Crippen molar-refractivity contribution in [1.82, 2.24) is 20.4 Å². The van der Waals surface area contributed by atoms with Crippen molar-refractivity contribution in [3.8, 4) is 0 Å². The molecule has 1 fully saturated rings. The molecule has 1 aliphatic heterocycles. The lowest BCUT2D eigenvalue weighted by atomic mass is 10.0. The van der Waals surface area contributed by atoms with Gasteiger partial charge in [-0.25, -0.2) is 0 Å². The molecule has 1 aliphatic rings. The normalized spacial score (nSPS) is 15.0. The molecule has 1 atom stereocenters. The van der Waals surface area contributed by atoms with Gasteiger partial charge in [0, 0.05) is 49.7 Å². The highest BCUT2D eigenvalue weighted by atomic mass is 35.5. The zero-order chi connectivity index (χ0) is 23.6. The molecular weight excluding hydrogens is 440 g/mol. The van der Waals surface area contributed by atoms with E-state index in [2.05, 4.69) is 10.6 Å². The number of rotatable bonds is 9. The van der Waals surface area contributed by atoms with E-state index in [4.69, 9.17) is 11.6 Å². The van der Waals surface area contributed by atoms with Gasteiger partial charge in [0.2, 0.25) is 11.8 Å². The van der Waals surface area contributed by atoms with Crippen LogP contribution in [0, 0.1) is 0 Å². The second-order valence-corrected chi connectivity index (χ2v) is 8.61. The number of hydrogen-bond acceptors (Lipinski definition) is 4. The summed E-state index contributed by atoms with van der Waals surface area (Å²) in [5, 5.41) is 6.34. The summed E-state index contributed by atoms with van der Waals surface area (Å²) in [6, 6.07) is 15.6. The van der Waals surface area contributed by atoms with Crippen LogP contribution in [0.1, 0.15) is 29.3 Å². The largest absolute Gasteiger partial charge is 0.355 e. The first-order chi connectivity index (χ1) is 16.0. The van der Waals surface area contributed by atoms with Crippen LogP contribution in [0.5, 0.6) is 0 Å². The Morgan fingerprint density at radius 3 is 2.27 bits per heavy atom. The molecule has 7 nitrogen and oxygen atoms in total. The van der Waals surface area contributed by atoms with Crippen LogP contribution in [0.25, 0.3) is 0 Å². The van der Waals surface area contributed by atoms with Crippen molar-refractivity contribution >= 4 is 29.3 Å². The van der Waals surface area contributed by atoms with Crippen LogP contribution in [0.2, 0.25) is 5.02 Å². The Hall–Kier alpha value is -2.90. The number of carbonyl (C=O) groups excluding carboxylic acids is 3. The fraction of sp³-hybridized carbons (Fsp3) is 0.400. The number of amides is 3. The minimum Gasteiger partial charge on any atom is -0.355 e. The van der Waals surface area contributed by atoms with Crippen LogP contribution in [0.3, 0.4) is 0 Å². The Kier molecular flexibility index (Phi) is 9.27. The number of benzene rings is 2. The molecule has 8 heteroatoms. The number of piperazine rings is 1. The monoisotopic (exact) mass is 470 g/mol. The molecular formula is C25H31ClN4O3. The molecule has 2 aromatic carbocycles. The third-order valence-corrected chi connectivity index (χ3v) is 5.87. The summed E-state index contributed by atoms with van der Waals surface area (Å²) in [6.07, 6.45) is 1.30. The zero-order valence-electron chi connectivity index (χ0n) is 18.9. The van der Waals surface area contributed by atoms with Crippen LogP contribution in [0.4, 0.5) is 0 Å². The lowest BCUT2D eigenvalue weighted by Gasteiger charge is -2.36. The minimum atomic E-state index is -0.685. The minimum absolute atomic E-state index is 0.00816. The van der Waals surface area contributed by atoms with Crippen molar-refractivity contribution in [2.24, 2.45) is 0 Å². The molecule has 2 N–H and O–H groups in total. The van der Waals surface area contributed by atoms with Crippen LogP contribution >= 0.6 is 11.6 Å². The van der Waals surface area contributed by atoms with Crippen molar-refractivity contribution < 1.29 is 14.4 Å². The molecule has 0 bridgehead atoms. The molecule has 1 saturated heterocycles. The Labute approximate surface area is 200 Å². The van der Waals surface area contributed by atoms with E-state index in [9.17, 15) is 14.4 Å². The van der Waals surface area contributed by atoms with Gasteiger partial charge in [-0.2, -0.15) is 0 Å². The lowest BCUT2D eigenvalue weighted by Crippen LogP contribution is -2.56. The molecule has 176 valence electrons. The van der Waals surface area contributed by atoms with Gasteiger partial charge in [-0.1, -0.05) is 48.9 Å². The summed E-state index contributed by atoms with van der Waals surface area (Å²) in [5.74, 6) is -0.419. The highest BCUT2D eigenvalue weighted by molar-refractivity contribution is 6.30. The van der Waals surface area contributed by atoms with E-state index in [1.54, 1.807) is 29.2 Å². The molecule has 33 heavy (non-hydrogen) atoms. The summed E-state index contributed by atoms with van der Waals surface area (Å²) >= 11 is 5.93. The van der Waals surface area contributed by atoms with Crippen molar-refractivity contribution in [2.75, 3.05) is 39.3 Å². The average molecular weight is 471 g/mol. The molecule has 3 amide bonds. The fourth-order valence-electron chi connectivity index (χ4n) is 3.76. The SMILES string of the molecule is CCCNC(=O)CN1CCN(C(=O)C(Cc2ccccc2)NC(=O)c2ccc(Cl)cc2)CC1. The highest BCUT2D eigenvalue weighted by Crippen LogP contribution is 2.12. The van der Waals surface area contributed by atoms with Crippen molar-refractivity contribution in [2.45, 2.75) is 25.8 Å². The summed E-state index contributed by atoms with van der Waals surface area (Å²) in [4.78, 5) is 42.0. The number of nitrogens with zero attached hydrogens (tertiary/aromatic N) is 2. The molecule has 0 spiro atoms. The summed E-state index contributed by atoms with van der Waals surface area (Å²) in [5.41, 5.74) is 1.42. The van der Waals surface area contributed by atoms with Gasteiger partial charge in [0.05, 0.1) is 6.54 Å². The summed E-state index contributed by atoms with van der Waals surface area (Å²) < 4.78 is 0. The van der Waals surface area contributed by atoms with Gasteiger partial charge >= 0.3 is 0 Å². The average Bonchev–Trinajstić information content (AvgIpc) is 2.83. The first kappa shape index (κ1) is 24.7. The predicted molar refractivity (Wildman–Crippen MR) is 129 cm³/mol. The molecule has 1 heterocycles. The quantitative estimate of drug-likeness (QED) is 0.589. The Bertz CT molecular complexity index is 928. The third-order valence-electron chi connectivity index (χ3n) is 5.62. The Morgan fingerprint density at radius 1 is 0.970 bits per heavy atom.